The molecule has 0 radical (unpaired) electrons. The molecule has 0 aliphatic rings. The highest BCUT2D eigenvalue weighted by Crippen LogP contribution is 2.13. The van der Waals surface area contributed by atoms with Crippen LogP contribution in [0, 0.1) is 0 Å². The van der Waals surface area contributed by atoms with Crippen molar-refractivity contribution >= 4 is 16.8 Å². The fraction of sp³-hybridized carbons (Fsp3) is 0.273. The third-order valence-corrected chi connectivity index (χ3v) is 2.35. The number of nitrogens with one attached hydrogen (secondary N) is 1. The molecule has 1 heterocycles. The Labute approximate surface area is 87.5 Å². The topological polar surface area (TPSA) is 71.8 Å². The summed E-state index contributed by atoms with van der Waals surface area (Å²) in [6.45, 7) is 0.554. The molecule has 0 saturated carbocycles. The number of nitrogens with zero attached hydrogens (tertiary/aromatic N) is 1. The number of nitrogens with two attached hydrogens (primary N) is 1. The molecule has 2 aromatic rings. The maximum Gasteiger partial charge on any atom is 0.163 e. The number of carbonyl (C=O) groups excluding carboxylic acids is 1. The van der Waals surface area contributed by atoms with E-state index in [1.54, 1.807) is 6.33 Å². The summed E-state index contributed by atoms with van der Waals surface area (Å²) in [5, 5.41) is 0. The molecule has 2 rings (SSSR count). The molecule has 0 amide bonds. The fourth-order valence-electron chi connectivity index (χ4n) is 1.52. The second-order valence-corrected chi connectivity index (χ2v) is 3.45. The van der Waals surface area contributed by atoms with E-state index in [1.807, 2.05) is 18.2 Å². The summed E-state index contributed by atoms with van der Waals surface area (Å²) in [7, 11) is 0. The van der Waals surface area contributed by atoms with Crippen molar-refractivity contribution in [3.63, 3.8) is 0 Å². The maximum absolute atomic E-state index is 11.7. The Balaban J connectivity index is 2.23. The van der Waals surface area contributed by atoms with E-state index in [1.165, 1.54) is 0 Å². The van der Waals surface area contributed by atoms with Crippen LogP contribution in [-0.4, -0.2) is 22.3 Å². The lowest BCUT2D eigenvalue weighted by Crippen LogP contribution is -2.04. The van der Waals surface area contributed by atoms with Gasteiger partial charge in [0.25, 0.3) is 0 Å². The average molecular weight is 203 g/mol. The lowest BCUT2D eigenvalue weighted by molar-refractivity contribution is 0.0981. The van der Waals surface area contributed by atoms with Gasteiger partial charge in [0.15, 0.2) is 5.78 Å². The molecule has 0 aliphatic heterocycles. The summed E-state index contributed by atoms with van der Waals surface area (Å²) in [5.74, 6) is 0.136. The smallest absolute Gasteiger partial charge is 0.163 e. The third-order valence-electron chi connectivity index (χ3n) is 2.35. The van der Waals surface area contributed by atoms with Gasteiger partial charge in [0.2, 0.25) is 0 Å². The first kappa shape index (κ1) is 9.86. The molecule has 3 N–H and O–H groups in total. The summed E-state index contributed by atoms with van der Waals surface area (Å²) in [6.07, 6.45) is 2.87. The van der Waals surface area contributed by atoms with Gasteiger partial charge in [-0.3, -0.25) is 4.79 Å². The highest BCUT2D eigenvalue weighted by Gasteiger charge is 2.06. The van der Waals surface area contributed by atoms with Crippen molar-refractivity contribution in [1.29, 1.82) is 0 Å². The average Bonchev–Trinajstić information content (AvgIpc) is 2.72. The third kappa shape index (κ3) is 2.05. The molecule has 15 heavy (non-hydrogen) atoms. The van der Waals surface area contributed by atoms with E-state index in [9.17, 15) is 4.79 Å². The van der Waals surface area contributed by atoms with Crippen LogP contribution in [-0.2, 0) is 0 Å². The van der Waals surface area contributed by atoms with Crippen molar-refractivity contribution in [2.75, 3.05) is 6.54 Å². The minimum Gasteiger partial charge on any atom is -0.345 e. The second-order valence-electron chi connectivity index (χ2n) is 3.45. The van der Waals surface area contributed by atoms with E-state index in [0.717, 1.165) is 23.0 Å². The van der Waals surface area contributed by atoms with Gasteiger partial charge >= 0.3 is 0 Å². The predicted molar refractivity (Wildman–Crippen MR) is 58.7 cm³/mol. The van der Waals surface area contributed by atoms with E-state index >= 15 is 0 Å². The van der Waals surface area contributed by atoms with Gasteiger partial charge < -0.3 is 10.7 Å². The first-order valence-electron chi connectivity index (χ1n) is 4.97. The van der Waals surface area contributed by atoms with Gasteiger partial charge in [0, 0.05) is 12.0 Å². The molecule has 0 aliphatic carbocycles. The Morgan fingerprint density at radius 2 is 2.33 bits per heavy atom. The van der Waals surface area contributed by atoms with Crippen molar-refractivity contribution in [1.82, 2.24) is 9.97 Å². The number of imidazole rings is 1. The number of benzene rings is 1. The largest absolute Gasteiger partial charge is 0.345 e. The van der Waals surface area contributed by atoms with Gasteiger partial charge in [-0.25, -0.2) is 4.98 Å². The molecule has 4 nitrogen and oxygen atoms in total. The highest BCUT2D eigenvalue weighted by molar-refractivity contribution is 5.98. The normalized spacial score (nSPS) is 10.7. The molecule has 1 aromatic heterocycles. The first-order valence-corrected chi connectivity index (χ1v) is 4.97. The van der Waals surface area contributed by atoms with E-state index in [2.05, 4.69) is 9.97 Å². The number of aromatic nitrogens is 2. The van der Waals surface area contributed by atoms with Crippen LogP contribution >= 0.6 is 0 Å². The molecule has 0 atom stereocenters. The van der Waals surface area contributed by atoms with Crippen LogP contribution < -0.4 is 5.73 Å². The van der Waals surface area contributed by atoms with Crippen molar-refractivity contribution < 1.29 is 4.79 Å². The number of carbonyl (C=O) groups is 1. The van der Waals surface area contributed by atoms with Crippen molar-refractivity contribution in [3.8, 4) is 0 Å². The minimum absolute atomic E-state index is 0.136. The van der Waals surface area contributed by atoms with Crippen molar-refractivity contribution in [2.45, 2.75) is 12.8 Å². The summed E-state index contributed by atoms with van der Waals surface area (Å²) in [4.78, 5) is 18.8. The number of Topliss-reactive ketones (excluding diaryl/α,β-unsaturated/α-hetero) is 1. The number of H-pyrrole nitrogens is 1. The van der Waals surface area contributed by atoms with E-state index in [-0.39, 0.29) is 5.78 Å². The predicted octanol–water partition coefficient (Wildman–Crippen LogP) is 1.48. The van der Waals surface area contributed by atoms with Gasteiger partial charge in [0.05, 0.1) is 17.4 Å². The lowest BCUT2D eigenvalue weighted by Gasteiger charge is -1.99. The molecule has 0 unspecified atom stereocenters. The summed E-state index contributed by atoms with van der Waals surface area (Å²) < 4.78 is 0. The van der Waals surface area contributed by atoms with Crippen LogP contribution in [0.4, 0.5) is 0 Å². The van der Waals surface area contributed by atoms with Crippen molar-refractivity contribution in [3.05, 3.63) is 30.1 Å². The number of ketones is 1. The van der Waals surface area contributed by atoms with Crippen LogP contribution in [0.5, 0.6) is 0 Å². The zero-order valence-electron chi connectivity index (χ0n) is 8.36. The summed E-state index contributed by atoms with van der Waals surface area (Å²) in [6, 6.07) is 5.49. The molecular weight excluding hydrogens is 190 g/mol. The highest BCUT2D eigenvalue weighted by atomic mass is 16.1. The van der Waals surface area contributed by atoms with Crippen LogP contribution in [0.15, 0.2) is 24.5 Å². The Kier molecular flexibility index (Phi) is 2.78. The second kappa shape index (κ2) is 4.23. The SMILES string of the molecule is NCCCC(=O)c1ccc2nc[nH]c2c1. The molecule has 0 spiro atoms. The van der Waals surface area contributed by atoms with Gasteiger partial charge in [-0.2, -0.15) is 0 Å². The summed E-state index contributed by atoms with van der Waals surface area (Å²) in [5.41, 5.74) is 7.86. The van der Waals surface area contributed by atoms with Crippen LogP contribution in [0.1, 0.15) is 23.2 Å². The van der Waals surface area contributed by atoms with Crippen LogP contribution in [0.25, 0.3) is 11.0 Å². The molecule has 0 saturated heterocycles. The molecule has 1 aromatic carbocycles. The maximum atomic E-state index is 11.7. The van der Waals surface area contributed by atoms with E-state index in [0.29, 0.717) is 13.0 Å². The monoisotopic (exact) mass is 203 g/mol. The van der Waals surface area contributed by atoms with Gasteiger partial charge in [-0.1, -0.05) is 0 Å². The summed E-state index contributed by atoms with van der Waals surface area (Å²) >= 11 is 0. The van der Waals surface area contributed by atoms with Crippen LogP contribution in [0.2, 0.25) is 0 Å². The van der Waals surface area contributed by atoms with Crippen LogP contribution in [0.3, 0.4) is 0 Å². The van der Waals surface area contributed by atoms with Gasteiger partial charge in [-0.05, 0) is 31.2 Å². The zero-order valence-corrected chi connectivity index (χ0v) is 8.36. The zero-order chi connectivity index (χ0) is 10.7. The Morgan fingerprint density at radius 1 is 1.47 bits per heavy atom. The van der Waals surface area contributed by atoms with E-state index in [4.69, 9.17) is 5.73 Å². The Bertz CT molecular complexity index is 475. The number of rotatable bonds is 4. The quantitative estimate of drug-likeness (QED) is 0.739. The molecular formula is C11H13N3O. The first-order chi connectivity index (χ1) is 7.31. The van der Waals surface area contributed by atoms with Gasteiger partial charge in [0.1, 0.15) is 0 Å². The number of hydrogen-bond donors (Lipinski definition) is 2. The Morgan fingerprint density at radius 3 is 3.13 bits per heavy atom. The minimum atomic E-state index is 0.136. The molecule has 78 valence electrons. The lowest BCUT2D eigenvalue weighted by atomic mass is 10.1. The molecule has 0 fully saturated rings. The van der Waals surface area contributed by atoms with E-state index < -0.39 is 0 Å². The van der Waals surface area contributed by atoms with Crippen molar-refractivity contribution in [2.24, 2.45) is 5.73 Å². The Hall–Kier alpha value is -1.68. The number of fused-ring (bicyclic) bond motifs is 1. The van der Waals surface area contributed by atoms with Gasteiger partial charge in [-0.15, -0.1) is 0 Å². The fourth-order valence-corrected chi connectivity index (χ4v) is 1.52. The standard InChI is InChI=1S/C11H13N3O/c12-5-1-2-11(15)8-3-4-9-10(6-8)14-7-13-9/h3-4,6-7H,1-2,5,12H2,(H,13,14). The molecule has 0 bridgehead atoms. The number of hydrogen-bond acceptors (Lipinski definition) is 3. The number of aromatic amines is 1. The molecule has 4 heteroatoms.